The fourth-order valence-corrected chi connectivity index (χ4v) is 4.66. The second-order valence-electron chi connectivity index (χ2n) is 6.62. The zero-order valence-corrected chi connectivity index (χ0v) is 17.8. The first-order valence-corrected chi connectivity index (χ1v) is 11.0. The van der Waals surface area contributed by atoms with Gasteiger partial charge in [0.2, 0.25) is 10.0 Å². The van der Waals surface area contributed by atoms with E-state index in [-0.39, 0.29) is 35.9 Å². The van der Waals surface area contributed by atoms with Gasteiger partial charge in [0, 0.05) is 19.5 Å². The Morgan fingerprint density at radius 2 is 1.73 bits per heavy atom. The van der Waals surface area contributed by atoms with E-state index < -0.39 is 16.0 Å². The van der Waals surface area contributed by atoms with Crippen molar-refractivity contribution in [1.82, 2.24) is 4.31 Å². The molecule has 1 aliphatic heterocycles. The topological polar surface area (TPSA) is 91.4 Å². The molecule has 0 spiro atoms. The van der Waals surface area contributed by atoms with Gasteiger partial charge in [-0.2, -0.15) is 4.31 Å². The van der Waals surface area contributed by atoms with Crippen LogP contribution < -0.4 is 9.47 Å². The number of esters is 1. The third kappa shape index (κ3) is 5.10. The van der Waals surface area contributed by atoms with Crippen LogP contribution in [0.2, 0.25) is 0 Å². The van der Waals surface area contributed by atoms with Crippen LogP contribution in [0.3, 0.4) is 0 Å². The SMILES string of the molecule is COc1ccc(CCOC(=O)c2ccc(OC)c(S(=O)(=O)N3CCOCC3)c2)cc1. The summed E-state index contributed by atoms with van der Waals surface area (Å²) in [5.74, 6) is 0.337. The Labute approximate surface area is 176 Å². The van der Waals surface area contributed by atoms with Crippen LogP contribution >= 0.6 is 0 Å². The molecule has 1 aliphatic rings. The van der Waals surface area contributed by atoms with Crippen molar-refractivity contribution in [3.63, 3.8) is 0 Å². The Kier molecular flexibility index (Phi) is 7.30. The van der Waals surface area contributed by atoms with Gasteiger partial charge in [-0.25, -0.2) is 13.2 Å². The lowest BCUT2D eigenvalue weighted by Crippen LogP contribution is -2.40. The number of hydrogen-bond donors (Lipinski definition) is 0. The molecule has 1 saturated heterocycles. The van der Waals surface area contributed by atoms with Crippen molar-refractivity contribution >= 4 is 16.0 Å². The van der Waals surface area contributed by atoms with E-state index in [1.165, 1.54) is 29.6 Å². The van der Waals surface area contributed by atoms with Crippen LogP contribution in [0.25, 0.3) is 0 Å². The van der Waals surface area contributed by atoms with Gasteiger partial charge in [-0.15, -0.1) is 0 Å². The maximum absolute atomic E-state index is 13.0. The van der Waals surface area contributed by atoms with Crippen molar-refractivity contribution < 1.29 is 32.2 Å². The summed E-state index contributed by atoms with van der Waals surface area (Å²) in [6, 6.07) is 11.7. The fraction of sp³-hybridized carbons (Fsp3) is 0.381. The Morgan fingerprint density at radius 3 is 2.37 bits per heavy atom. The molecular formula is C21H25NO7S. The second kappa shape index (κ2) is 9.92. The van der Waals surface area contributed by atoms with Crippen molar-refractivity contribution in [2.45, 2.75) is 11.3 Å². The minimum Gasteiger partial charge on any atom is -0.497 e. The number of carbonyl (C=O) groups is 1. The van der Waals surface area contributed by atoms with Crippen molar-refractivity contribution in [3.05, 3.63) is 53.6 Å². The van der Waals surface area contributed by atoms with E-state index in [1.807, 2.05) is 24.3 Å². The standard InChI is InChI=1S/C21H25NO7S/c1-26-18-6-3-16(4-7-18)9-12-29-21(23)17-5-8-19(27-2)20(15-17)30(24,25)22-10-13-28-14-11-22/h3-8,15H,9-14H2,1-2H3. The molecule has 1 heterocycles. The van der Waals surface area contributed by atoms with Gasteiger partial charge in [-0.05, 0) is 35.9 Å². The predicted octanol–water partition coefficient (Wildman–Crippen LogP) is 2.12. The highest BCUT2D eigenvalue weighted by atomic mass is 32.2. The molecule has 30 heavy (non-hydrogen) atoms. The maximum Gasteiger partial charge on any atom is 0.338 e. The predicted molar refractivity (Wildman–Crippen MR) is 110 cm³/mol. The number of carbonyl (C=O) groups excluding carboxylic acids is 1. The van der Waals surface area contributed by atoms with E-state index in [1.54, 1.807) is 7.11 Å². The lowest BCUT2D eigenvalue weighted by molar-refractivity contribution is 0.0509. The molecule has 9 heteroatoms. The van der Waals surface area contributed by atoms with Crippen molar-refractivity contribution in [1.29, 1.82) is 0 Å². The molecule has 0 aromatic heterocycles. The van der Waals surface area contributed by atoms with E-state index in [9.17, 15) is 13.2 Å². The third-order valence-electron chi connectivity index (χ3n) is 4.77. The van der Waals surface area contributed by atoms with Gasteiger partial charge in [0.25, 0.3) is 0 Å². The molecule has 2 aromatic rings. The molecule has 3 rings (SSSR count). The van der Waals surface area contributed by atoms with E-state index >= 15 is 0 Å². The molecule has 0 aliphatic carbocycles. The quantitative estimate of drug-likeness (QED) is 0.587. The molecule has 1 fully saturated rings. The number of sulfonamides is 1. The average molecular weight is 435 g/mol. The molecule has 0 radical (unpaired) electrons. The van der Waals surface area contributed by atoms with Gasteiger partial charge >= 0.3 is 5.97 Å². The third-order valence-corrected chi connectivity index (χ3v) is 6.69. The first-order chi connectivity index (χ1) is 14.5. The van der Waals surface area contributed by atoms with Gasteiger partial charge in [0.05, 0.1) is 39.6 Å². The molecule has 0 unspecified atom stereocenters. The molecule has 0 bridgehead atoms. The molecule has 162 valence electrons. The average Bonchev–Trinajstić information content (AvgIpc) is 2.79. The summed E-state index contributed by atoms with van der Waals surface area (Å²) in [6.45, 7) is 1.33. The fourth-order valence-electron chi connectivity index (χ4n) is 3.07. The highest BCUT2D eigenvalue weighted by Gasteiger charge is 2.30. The smallest absolute Gasteiger partial charge is 0.338 e. The first-order valence-electron chi connectivity index (χ1n) is 9.51. The summed E-state index contributed by atoms with van der Waals surface area (Å²) >= 11 is 0. The van der Waals surface area contributed by atoms with Crippen molar-refractivity contribution in [2.24, 2.45) is 0 Å². The number of nitrogens with zero attached hydrogens (tertiary/aromatic N) is 1. The summed E-state index contributed by atoms with van der Waals surface area (Å²) in [5, 5.41) is 0. The molecule has 0 atom stereocenters. The zero-order valence-electron chi connectivity index (χ0n) is 17.0. The highest BCUT2D eigenvalue weighted by Crippen LogP contribution is 2.28. The number of morpholine rings is 1. The molecule has 0 N–H and O–H groups in total. The molecular weight excluding hydrogens is 410 g/mol. The summed E-state index contributed by atoms with van der Waals surface area (Å²) in [7, 11) is -0.836. The molecule has 0 amide bonds. The summed E-state index contributed by atoms with van der Waals surface area (Å²) in [5.41, 5.74) is 1.14. The number of ether oxygens (including phenoxy) is 4. The summed E-state index contributed by atoms with van der Waals surface area (Å²) in [4.78, 5) is 12.4. The highest BCUT2D eigenvalue weighted by molar-refractivity contribution is 7.89. The maximum atomic E-state index is 13.0. The lowest BCUT2D eigenvalue weighted by atomic mass is 10.1. The zero-order chi connectivity index (χ0) is 21.6. The van der Waals surface area contributed by atoms with E-state index in [0.29, 0.717) is 19.6 Å². The first kappa shape index (κ1) is 22.1. The van der Waals surface area contributed by atoms with Gasteiger partial charge in [-0.3, -0.25) is 0 Å². The minimum atomic E-state index is -3.82. The van der Waals surface area contributed by atoms with Crippen molar-refractivity contribution in [3.8, 4) is 11.5 Å². The van der Waals surface area contributed by atoms with Crippen LogP contribution in [-0.2, 0) is 25.9 Å². The van der Waals surface area contributed by atoms with Gasteiger partial charge < -0.3 is 18.9 Å². The summed E-state index contributed by atoms with van der Waals surface area (Å²) < 4.78 is 48.3. The molecule has 8 nitrogen and oxygen atoms in total. The monoisotopic (exact) mass is 435 g/mol. The van der Waals surface area contributed by atoms with Crippen LogP contribution in [0.5, 0.6) is 11.5 Å². The Morgan fingerprint density at radius 1 is 1.03 bits per heavy atom. The molecule has 0 saturated carbocycles. The van der Waals surface area contributed by atoms with E-state index in [2.05, 4.69) is 0 Å². The molecule has 2 aromatic carbocycles. The second-order valence-corrected chi connectivity index (χ2v) is 8.52. The number of methoxy groups -OCH3 is 2. The number of rotatable bonds is 8. The van der Waals surface area contributed by atoms with E-state index in [0.717, 1.165) is 11.3 Å². The van der Waals surface area contributed by atoms with Gasteiger partial charge in [-0.1, -0.05) is 12.1 Å². The summed E-state index contributed by atoms with van der Waals surface area (Å²) in [6.07, 6.45) is 0.533. The van der Waals surface area contributed by atoms with Crippen LogP contribution in [0, 0.1) is 0 Å². The number of hydrogen-bond acceptors (Lipinski definition) is 7. The Hall–Kier alpha value is -2.62. The van der Waals surface area contributed by atoms with E-state index in [4.69, 9.17) is 18.9 Å². The number of benzene rings is 2. The van der Waals surface area contributed by atoms with Crippen molar-refractivity contribution in [2.75, 3.05) is 47.1 Å². The lowest BCUT2D eigenvalue weighted by Gasteiger charge is -2.26. The largest absolute Gasteiger partial charge is 0.497 e. The van der Waals surface area contributed by atoms with Gasteiger partial charge in [0.1, 0.15) is 16.4 Å². The van der Waals surface area contributed by atoms with Crippen LogP contribution in [0.1, 0.15) is 15.9 Å². The Bertz CT molecular complexity index is 967. The minimum absolute atomic E-state index is 0.0588. The van der Waals surface area contributed by atoms with Gasteiger partial charge in [0.15, 0.2) is 0 Å². The van der Waals surface area contributed by atoms with Crippen LogP contribution in [0.15, 0.2) is 47.4 Å². The van der Waals surface area contributed by atoms with Crippen LogP contribution in [-0.4, -0.2) is 65.8 Å². The normalized spacial score (nSPS) is 14.9. The Balaban J connectivity index is 1.70. The van der Waals surface area contributed by atoms with Crippen LogP contribution in [0.4, 0.5) is 0 Å².